The number of nitro benzene ring substituents is 1. The summed E-state index contributed by atoms with van der Waals surface area (Å²) >= 11 is 0. The van der Waals surface area contributed by atoms with Crippen molar-refractivity contribution >= 4 is 23.1 Å². The van der Waals surface area contributed by atoms with E-state index in [9.17, 15) is 14.9 Å². The zero-order valence-electron chi connectivity index (χ0n) is 18.9. The van der Waals surface area contributed by atoms with E-state index in [2.05, 4.69) is 14.9 Å². The molecule has 1 aromatic heterocycles. The van der Waals surface area contributed by atoms with E-state index in [1.165, 1.54) is 6.07 Å². The monoisotopic (exact) mass is 446 g/mol. The highest BCUT2D eigenvalue weighted by Crippen LogP contribution is 2.29. The third kappa shape index (κ3) is 4.77. The molecule has 9 nitrogen and oxygen atoms in total. The molecule has 33 heavy (non-hydrogen) atoms. The minimum absolute atomic E-state index is 0.0746. The van der Waals surface area contributed by atoms with Crippen LogP contribution in [0, 0.1) is 17.0 Å². The van der Waals surface area contributed by atoms with Gasteiger partial charge in [0.2, 0.25) is 0 Å². The van der Waals surface area contributed by atoms with Gasteiger partial charge in [-0.05, 0) is 19.1 Å². The van der Waals surface area contributed by atoms with Crippen LogP contribution in [0.25, 0.3) is 11.3 Å². The van der Waals surface area contributed by atoms with Crippen molar-refractivity contribution in [3.8, 4) is 11.3 Å². The van der Waals surface area contributed by atoms with E-state index in [0.29, 0.717) is 43.3 Å². The van der Waals surface area contributed by atoms with Crippen LogP contribution in [0.3, 0.4) is 0 Å². The van der Waals surface area contributed by atoms with Gasteiger partial charge in [-0.25, -0.2) is 9.97 Å². The van der Waals surface area contributed by atoms with Crippen molar-refractivity contribution in [1.29, 1.82) is 0 Å². The Hall–Kier alpha value is -4.01. The van der Waals surface area contributed by atoms with Crippen LogP contribution in [-0.2, 0) is 0 Å². The second kappa shape index (κ2) is 9.23. The largest absolute Gasteiger partial charge is 0.372 e. The molecule has 1 saturated heterocycles. The lowest BCUT2D eigenvalue weighted by atomic mass is 10.1. The Balaban J connectivity index is 1.48. The molecule has 2 aromatic carbocycles. The molecule has 0 spiro atoms. The first-order valence-corrected chi connectivity index (χ1v) is 10.7. The summed E-state index contributed by atoms with van der Waals surface area (Å²) in [4.78, 5) is 38.8. The molecule has 0 unspecified atom stereocenters. The fraction of sp³-hybridized carbons (Fsp3) is 0.292. The number of nitro groups is 1. The lowest BCUT2D eigenvalue weighted by Gasteiger charge is -2.35. The van der Waals surface area contributed by atoms with E-state index in [0.717, 1.165) is 17.1 Å². The van der Waals surface area contributed by atoms with Gasteiger partial charge in [0.25, 0.3) is 11.6 Å². The summed E-state index contributed by atoms with van der Waals surface area (Å²) in [7, 11) is 3.47. The van der Waals surface area contributed by atoms with Gasteiger partial charge < -0.3 is 14.7 Å². The summed E-state index contributed by atoms with van der Waals surface area (Å²) in [5, 5.41) is 11.5. The number of hydrogen-bond donors (Lipinski definition) is 0. The molecule has 0 aliphatic carbocycles. The van der Waals surface area contributed by atoms with Crippen molar-refractivity contribution in [3.05, 3.63) is 76.1 Å². The fourth-order valence-electron chi connectivity index (χ4n) is 3.97. The molecular formula is C24H26N6O3. The Labute approximate surface area is 192 Å². The normalized spacial score (nSPS) is 13.7. The van der Waals surface area contributed by atoms with Crippen LogP contribution < -0.4 is 9.80 Å². The maximum atomic E-state index is 13.0. The lowest BCUT2D eigenvalue weighted by Crippen LogP contribution is -2.49. The van der Waals surface area contributed by atoms with E-state index in [1.54, 1.807) is 36.0 Å². The predicted octanol–water partition coefficient (Wildman–Crippen LogP) is 3.39. The second-order valence-corrected chi connectivity index (χ2v) is 8.16. The van der Waals surface area contributed by atoms with Crippen LogP contribution in [-0.4, -0.2) is 66.0 Å². The van der Waals surface area contributed by atoms with E-state index in [-0.39, 0.29) is 11.6 Å². The maximum Gasteiger partial charge on any atom is 0.293 e. The molecule has 4 rings (SSSR count). The SMILES string of the molecule is Cc1nc(-c2ccccc2)cc(N2CCN(C(=O)c3ccc(N(C)C)c([N+](=O)[O-])c3)CC2)n1. The summed E-state index contributed by atoms with van der Waals surface area (Å²) in [5.74, 6) is 1.32. The minimum Gasteiger partial charge on any atom is -0.372 e. The number of carbonyl (C=O) groups is 1. The number of anilines is 2. The lowest BCUT2D eigenvalue weighted by molar-refractivity contribution is -0.384. The Morgan fingerprint density at radius 3 is 2.33 bits per heavy atom. The first kappa shape index (κ1) is 22.2. The molecule has 1 aliphatic heterocycles. The average Bonchev–Trinajstić information content (AvgIpc) is 2.83. The molecular weight excluding hydrogens is 420 g/mol. The van der Waals surface area contributed by atoms with Crippen LogP contribution in [0.15, 0.2) is 54.6 Å². The minimum atomic E-state index is -0.453. The van der Waals surface area contributed by atoms with Crippen LogP contribution in [0.4, 0.5) is 17.2 Å². The first-order chi connectivity index (χ1) is 15.8. The van der Waals surface area contributed by atoms with Crippen molar-refractivity contribution < 1.29 is 9.72 Å². The Kier molecular flexibility index (Phi) is 6.21. The Morgan fingerprint density at radius 1 is 1.00 bits per heavy atom. The third-order valence-electron chi connectivity index (χ3n) is 5.69. The van der Waals surface area contributed by atoms with Gasteiger partial charge in [0.15, 0.2) is 0 Å². The highest BCUT2D eigenvalue weighted by Gasteiger charge is 2.26. The summed E-state index contributed by atoms with van der Waals surface area (Å²) in [5.41, 5.74) is 2.61. The number of nitrogens with zero attached hydrogens (tertiary/aromatic N) is 6. The van der Waals surface area contributed by atoms with Crippen LogP contribution in [0.1, 0.15) is 16.2 Å². The molecule has 1 amide bonds. The second-order valence-electron chi connectivity index (χ2n) is 8.16. The molecule has 0 N–H and O–H groups in total. The molecule has 2 heterocycles. The molecule has 0 bridgehead atoms. The van der Waals surface area contributed by atoms with Gasteiger partial charge in [0, 0.05) is 63.5 Å². The number of piperazine rings is 1. The van der Waals surface area contributed by atoms with E-state index in [1.807, 2.05) is 43.3 Å². The number of aromatic nitrogens is 2. The summed E-state index contributed by atoms with van der Waals surface area (Å²) in [6.07, 6.45) is 0. The van der Waals surface area contributed by atoms with Crippen molar-refractivity contribution in [2.45, 2.75) is 6.92 Å². The molecule has 1 fully saturated rings. The molecule has 3 aromatic rings. The van der Waals surface area contributed by atoms with Crippen molar-refractivity contribution in [2.75, 3.05) is 50.1 Å². The topological polar surface area (TPSA) is 95.7 Å². The Bertz CT molecular complexity index is 1170. The van der Waals surface area contributed by atoms with Crippen molar-refractivity contribution in [3.63, 3.8) is 0 Å². The molecule has 170 valence electrons. The van der Waals surface area contributed by atoms with Gasteiger partial charge in [-0.2, -0.15) is 0 Å². The van der Waals surface area contributed by atoms with E-state index < -0.39 is 4.92 Å². The maximum absolute atomic E-state index is 13.0. The number of carbonyl (C=O) groups excluding carboxylic acids is 1. The van der Waals surface area contributed by atoms with Gasteiger partial charge in [-0.15, -0.1) is 0 Å². The average molecular weight is 447 g/mol. The molecule has 0 atom stereocenters. The number of rotatable bonds is 5. The zero-order chi connectivity index (χ0) is 23.5. The van der Waals surface area contributed by atoms with E-state index in [4.69, 9.17) is 0 Å². The number of aryl methyl sites for hydroxylation is 1. The highest BCUT2D eigenvalue weighted by molar-refractivity contribution is 5.96. The van der Waals surface area contributed by atoms with Crippen molar-refractivity contribution in [1.82, 2.24) is 14.9 Å². The quantitative estimate of drug-likeness (QED) is 0.438. The van der Waals surface area contributed by atoms with Crippen molar-refractivity contribution in [2.24, 2.45) is 0 Å². The van der Waals surface area contributed by atoms with Gasteiger partial charge >= 0.3 is 0 Å². The summed E-state index contributed by atoms with van der Waals surface area (Å²) in [6, 6.07) is 16.6. The molecule has 0 radical (unpaired) electrons. The highest BCUT2D eigenvalue weighted by atomic mass is 16.6. The first-order valence-electron chi connectivity index (χ1n) is 10.7. The van der Waals surface area contributed by atoms with Crippen LogP contribution in [0.2, 0.25) is 0 Å². The van der Waals surface area contributed by atoms with Gasteiger partial charge in [0.1, 0.15) is 17.3 Å². The molecule has 1 aliphatic rings. The number of benzene rings is 2. The van der Waals surface area contributed by atoms with E-state index >= 15 is 0 Å². The summed E-state index contributed by atoms with van der Waals surface area (Å²) < 4.78 is 0. The number of hydrogen-bond acceptors (Lipinski definition) is 7. The summed E-state index contributed by atoms with van der Waals surface area (Å²) in [6.45, 7) is 4.13. The third-order valence-corrected chi connectivity index (χ3v) is 5.69. The van der Waals surface area contributed by atoms with Crippen LogP contribution in [0.5, 0.6) is 0 Å². The molecule has 0 saturated carbocycles. The van der Waals surface area contributed by atoms with Gasteiger partial charge in [0.05, 0.1) is 10.6 Å². The fourth-order valence-corrected chi connectivity index (χ4v) is 3.97. The molecule has 9 heteroatoms. The number of amides is 1. The standard InChI is InChI=1S/C24H26N6O3/c1-17-25-20(18-7-5-4-6-8-18)16-23(26-17)28-11-13-29(14-12-28)24(31)19-9-10-21(27(2)3)22(15-19)30(32)33/h4-10,15-16H,11-14H2,1-3H3. The predicted molar refractivity (Wildman–Crippen MR) is 128 cm³/mol. The zero-order valence-corrected chi connectivity index (χ0v) is 18.9. The Morgan fingerprint density at radius 2 is 1.70 bits per heavy atom. The van der Waals surface area contributed by atoms with Gasteiger partial charge in [-0.1, -0.05) is 30.3 Å². The van der Waals surface area contributed by atoms with Crippen LogP contribution >= 0.6 is 0 Å². The smallest absolute Gasteiger partial charge is 0.293 e. The van der Waals surface area contributed by atoms with Gasteiger partial charge in [-0.3, -0.25) is 14.9 Å².